The second kappa shape index (κ2) is 7.59. The summed E-state index contributed by atoms with van der Waals surface area (Å²) >= 11 is 0. The Hall–Kier alpha value is -2.50. The van der Waals surface area contributed by atoms with Crippen molar-refractivity contribution in [2.75, 3.05) is 14.2 Å². The number of methoxy groups -OCH3 is 2. The molecule has 0 radical (unpaired) electrons. The maximum atomic E-state index is 12.5. The maximum Gasteiger partial charge on any atom is 0.272 e. The number of carbonyl (C=O) groups is 1. The molecule has 6 nitrogen and oxygen atoms in total. The van der Waals surface area contributed by atoms with Crippen LogP contribution in [0.5, 0.6) is 11.5 Å². The number of nitrogens with zero attached hydrogens (tertiary/aromatic N) is 2. The van der Waals surface area contributed by atoms with Crippen molar-refractivity contribution in [1.82, 2.24) is 15.1 Å². The first-order chi connectivity index (χ1) is 12.2. The van der Waals surface area contributed by atoms with Gasteiger partial charge in [-0.15, -0.1) is 0 Å². The van der Waals surface area contributed by atoms with Crippen LogP contribution in [-0.4, -0.2) is 35.9 Å². The molecule has 1 saturated carbocycles. The molecular weight excluding hydrogens is 318 g/mol. The first kappa shape index (κ1) is 17.3. The third kappa shape index (κ3) is 3.62. The van der Waals surface area contributed by atoms with Crippen LogP contribution in [0.3, 0.4) is 0 Å². The van der Waals surface area contributed by atoms with Crippen molar-refractivity contribution >= 4 is 5.91 Å². The molecule has 0 aliphatic heterocycles. The fourth-order valence-corrected chi connectivity index (χ4v) is 3.33. The summed E-state index contributed by atoms with van der Waals surface area (Å²) in [6, 6.07) is 7.75. The monoisotopic (exact) mass is 343 g/mol. The molecule has 3 rings (SSSR count). The SMILES string of the molecule is CCn1nc(C(=O)NC2CCCC2)cc1-c1ccc(OC)cc1OC. The average Bonchev–Trinajstić information content (AvgIpc) is 3.30. The van der Waals surface area contributed by atoms with Crippen LogP contribution in [0.4, 0.5) is 0 Å². The summed E-state index contributed by atoms with van der Waals surface area (Å²) in [4.78, 5) is 12.5. The molecule has 0 unspecified atom stereocenters. The fourth-order valence-electron chi connectivity index (χ4n) is 3.33. The highest BCUT2D eigenvalue weighted by Crippen LogP contribution is 2.33. The number of ether oxygens (including phenoxy) is 2. The van der Waals surface area contributed by atoms with Gasteiger partial charge in [-0.2, -0.15) is 5.10 Å². The van der Waals surface area contributed by atoms with Crippen molar-refractivity contribution in [3.63, 3.8) is 0 Å². The summed E-state index contributed by atoms with van der Waals surface area (Å²) < 4.78 is 12.6. The van der Waals surface area contributed by atoms with Gasteiger partial charge in [-0.1, -0.05) is 12.8 Å². The molecule has 0 spiro atoms. The molecule has 0 atom stereocenters. The molecule has 6 heteroatoms. The van der Waals surface area contributed by atoms with Crippen molar-refractivity contribution in [3.05, 3.63) is 30.0 Å². The number of carbonyl (C=O) groups excluding carboxylic acids is 1. The van der Waals surface area contributed by atoms with E-state index in [1.807, 2.05) is 35.9 Å². The van der Waals surface area contributed by atoms with Gasteiger partial charge in [0.05, 0.1) is 19.9 Å². The lowest BCUT2D eigenvalue weighted by Crippen LogP contribution is -2.32. The van der Waals surface area contributed by atoms with Crippen LogP contribution < -0.4 is 14.8 Å². The number of aryl methyl sites for hydroxylation is 1. The van der Waals surface area contributed by atoms with Crippen molar-refractivity contribution < 1.29 is 14.3 Å². The number of amides is 1. The molecule has 134 valence electrons. The van der Waals surface area contributed by atoms with Gasteiger partial charge in [0.2, 0.25) is 0 Å². The highest BCUT2D eigenvalue weighted by atomic mass is 16.5. The normalized spacial score (nSPS) is 14.5. The van der Waals surface area contributed by atoms with Crippen molar-refractivity contribution in [1.29, 1.82) is 0 Å². The molecule has 1 fully saturated rings. The van der Waals surface area contributed by atoms with Gasteiger partial charge in [0.15, 0.2) is 5.69 Å². The van der Waals surface area contributed by atoms with E-state index in [-0.39, 0.29) is 11.9 Å². The van der Waals surface area contributed by atoms with Crippen LogP contribution in [0.1, 0.15) is 43.1 Å². The first-order valence-corrected chi connectivity index (χ1v) is 8.77. The Morgan fingerprint density at radius 1 is 1.24 bits per heavy atom. The maximum absolute atomic E-state index is 12.5. The number of hydrogen-bond acceptors (Lipinski definition) is 4. The molecule has 2 aromatic rings. The van der Waals surface area contributed by atoms with Gasteiger partial charge in [-0.05, 0) is 38.0 Å². The highest BCUT2D eigenvalue weighted by molar-refractivity contribution is 5.93. The zero-order valence-corrected chi connectivity index (χ0v) is 15.0. The highest BCUT2D eigenvalue weighted by Gasteiger charge is 2.22. The zero-order chi connectivity index (χ0) is 17.8. The minimum Gasteiger partial charge on any atom is -0.497 e. The smallest absolute Gasteiger partial charge is 0.272 e. The quantitative estimate of drug-likeness (QED) is 0.874. The Morgan fingerprint density at radius 3 is 2.64 bits per heavy atom. The molecule has 1 heterocycles. The van der Waals surface area contributed by atoms with Crippen LogP contribution in [0.2, 0.25) is 0 Å². The standard InChI is InChI=1S/C19H25N3O3/c1-4-22-17(15-10-9-14(24-2)11-18(15)25-3)12-16(21-22)19(23)20-13-7-5-6-8-13/h9-13H,4-8H2,1-3H3,(H,20,23). The number of nitrogens with one attached hydrogen (secondary N) is 1. The van der Waals surface area contributed by atoms with Gasteiger partial charge < -0.3 is 14.8 Å². The van der Waals surface area contributed by atoms with E-state index in [1.54, 1.807) is 14.2 Å². The van der Waals surface area contributed by atoms with Crippen LogP contribution in [0.15, 0.2) is 24.3 Å². The Morgan fingerprint density at radius 2 is 2.00 bits per heavy atom. The Balaban J connectivity index is 1.91. The predicted molar refractivity (Wildman–Crippen MR) is 96.2 cm³/mol. The lowest BCUT2D eigenvalue weighted by Gasteiger charge is -2.11. The summed E-state index contributed by atoms with van der Waals surface area (Å²) in [6.07, 6.45) is 4.48. The van der Waals surface area contributed by atoms with E-state index < -0.39 is 0 Å². The van der Waals surface area contributed by atoms with Gasteiger partial charge in [0.25, 0.3) is 5.91 Å². The third-order valence-corrected chi connectivity index (χ3v) is 4.69. The molecular formula is C19H25N3O3. The van der Waals surface area contributed by atoms with E-state index in [1.165, 1.54) is 12.8 Å². The third-order valence-electron chi connectivity index (χ3n) is 4.69. The van der Waals surface area contributed by atoms with Gasteiger partial charge in [0, 0.05) is 24.2 Å². The summed E-state index contributed by atoms with van der Waals surface area (Å²) in [7, 11) is 3.24. The molecule has 1 aromatic heterocycles. The number of rotatable bonds is 6. The van der Waals surface area contributed by atoms with Gasteiger partial charge in [-0.3, -0.25) is 9.48 Å². The summed E-state index contributed by atoms with van der Waals surface area (Å²) in [5, 5.41) is 7.57. The minimum atomic E-state index is -0.104. The van der Waals surface area contributed by atoms with E-state index in [0.717, 1.165) is 29.8 Å². The Kier molecular flexibility index (Phi) is 5.26. The lowest BCUT2D eigenvalue weighted by atomic mass is 10.1. The number of benzene rings is 1. The van der Waals surface area contributed by atoms with Crippen molar-refractivity contribution in [2.24, 2.45) is 0 Å². The minimum absolute atomic E-state index is 0.104. The summed E-state index contributed by atoms with van der Waals surface area (Å²) in [5.41, 5.74) is 2.19. The van der Waals surface area contributed by atoms with Gasteiger partial charge >= 0.3 is 0 Å². The van der Waals surface area contributed by atoms with E-state index in [0.29, 0.717) is 18.0 Å². The molecule has 1 aliphatic rings. The second-order valence-electron chi connectivity index (χ2n) is 6.25. The first-order valence-electron chi connectivity index (χ1n) is 8.77. The van der Waals surface area contributed by atoms with E-state index in [2.05, 4.69) is 10.4 Å². The van der Waals surface area contributed by atoms with Crippen LogP contribution in [0.25, 0.3) is 11.3 Å². The van der Waals surface area contributed by atoms with E-state index in [9.17, 15) is 4.79 Å². The van der Waals surface area contributed by atoms with E-state index >= 15 is 0 Å². The molecule has 0 bridgehead atoms. The zero-order valence-electron chi connectivity index (χ0n) is 15.0. The molecule has 1 amide bonds. The number of aromatic nitrogens is 2. The van der Waals surface area contributed by atoms with Crippen molar-refractivity contribution in [2.45, 2.75) is 45.2 Å². The summed E-state index contributed by atoms with van der Waals surface area (Å²) in [5.74, 6) is 1.31. The Bertz CT molecular complexity index is 748. The topological polar surface area (TPSA) is 65.4 Å². The molecule has 1 N–H and O–H groups in total. The van der Waals surface area contributed by atoms with E-state index in [4.69, 9.17) is 9.47 Å². The molecule has 1 aliphatic carbocycles. The van der Waals surface area contributed by atoms with Crippen LogP contribution >= 0.6 is 0 Å². The van der Waals surface area contributed by atoms with Crippen LogP contribution in [-0.2, 0) is 6.54 Å². The van der Waals surface area contributed by atoms with Crippen molar-refractivity contribution in [3.8, 4) is 22.8 Å². The number of hydrogen-bond donors (Lipinski definition) is 1. The molecule has 1 aromatic carbocycles. The van der Waals surface area contributed by atoms with Gasteiger partial charge in [-0.25, -0.2) is 0 Å². The average molecular weight is 343 g/mol. The Labute approximate surface area is 148 Å². The summed E-state index contributed by atoms with van der Waals surface area (Å²) in [6.45, 7) is 2.67. The molecule has 25 heavy (non-hydrogen) atoms. The van der Waals surface area contributed by atoms with Gasteiger partial charge in [0.1, 0.15) is 11.5 Å². The van der Waals surface area contributed by atoms with Crippen LogP contribution in [0, 0.1) is 0 Å². The largest absolute Gasteiger partial charge is 0.497 e. The molecule has 0 saturated heterocycles. The fraction of sp³-hybridized carbons (Fsp3) is 0.474. The predicted octanol–water partition coefficient (Wildman–Crippen LogP) is 3.26. The second-order valence-corrected chi connectivity index (χ2v) is 6.25. The lowest BCUT2D eigenvalue weighted by molar-refractivity contribution is 0.0932.